The number of carboxylic acid groups (broad SMARTS) is 1. The van der Waals surface area contributed by atoms with Crippen LogP contribution in [0, 0.1) is 5.41 Å². The Morgan fingerprint density at radius 2 is 1.94 bits per heavy atom. The monoisotopic (exact) mass is 220 g/mol. The molecule has 1 aliphatic carbocycles. The average molecular weight is 220 g/mol. The molecule has 86 valence electrons. The molecule has 1 atom stereocenters. The van der Waals surface area contributed by atoms with Crippen LogP contribution in [0.2, 0.25) is 0 Å². The standard InChI is InChI=1S/C13H16O3/c1-12(2)8-13(12,11(14)15)9-6-4-5-7-10(9)16-3/h4-7H,8H2,1-3H3,(H,14,15). The smallest absolute Gasteiger partial charge is 0.314 e. The first-order chi connectivity index (χ1) is 7.45. The van der Waals surface area contributed by atoms with Gasteiger partial charge in [-0.3, -0.25) is 4.79 Å². The molecule has 1 aliphatic rings. The van der Waals surface area contributed by atoms with Crippen molar-refractivity contribution in [2.45, 2.75) is 25.7 Å². The minimum atomic E-state index is -0.778. The number of para-hydroxylation sites is 1. The minimum absolute atomic E-state index is 0.201. The molecule has 1 saturated carbocycles. The first kappa shape index (κ1) is 11.0. The molecule has 1 unspecified atom stereocenters. The highest BCUT2D eigenvalue weighted by Crippen LogP contribution is 2.65. The molecule has 0 radical (unpaired) electrons. The third kappa shape index (κ3) is 1.24. The summed E-state index contributed by atoms with van der Waals surface area (Å²) in [5, 5.41) is 9.46. The van der Waals surface area contributed by atoms with Gasteiger partial charge in [-0.25, -0.2) is 0 Å². The summed E-state index contributed by atoms with van der Waals surface area (Å²) >= 11 is 0. The first-order valence-corrected chi connectivity index (χ1v) is 5.32. The molecule has 0 saturated heterocycles. The molecule has 0 aliphatic heterocycles. The van der Waals surface area contributed by atoms with Crippen LogP contribution in [0.1, 0.15) is 25.8 Å². The molecule has 1 aromatic rings. The summed E-state index contributed by atoms with van der Waals surface area (Å²) in [4.78, 5) is 11.5. The van der Waals surface area contributed by atoms with Crippen molar-refractivity contribution < 1.29 is 14.6 Å². The molecule has 16 heavy (non-hydrogen) atoms. The Hall–Kier alpha value is -1.51. The van der Waals surface area contributed by atoms with Crippen molar-refractivity contribution >= 4 is 5.97 Å². The maximum absolute atomic E-state index is 11.5. The Balaban J connectivity index is 2.55. The number of carbonyl (C=O) groups is 1. The summed E-state index contributed by atoms with van der Waals surface area (Å²) in [7, 11) is 1.57. The normalized spacial score (nSPS) is 26.2. The number of hydrogen-bond acceptors (Lipinski definition) is 2. The maximum atomic E-state index is 11.5. The zero-order valence-corrected chi connectivity index (χ0v) is 9.78. The number of methoxy groups -OCH3 is 1. The van der Waals surface area contributed by atoms with Crippen LogP contribution in [0.3, 0.4) is 0 Å². The lowest BCUT2D eigenvalue weighted by Gasteiger charge is -2.18. The van der Waals surface area contributed by atoms with Gasteiger partial charge in [0.05, 0.1) is 7.11 Å². The Morgan fingerprint density at radius 1 is 1.38 bits per heavy atom. The molecule has 0 aromatic heterocycles. The lowest BCUT2D eigenvalue weighted by molar-refractivity contribution is -0.141. The van der Waals surface area contributed by atoms with Gasteiger partial charge in [0.15, 0.2) is 0 Å². The van der Waals surface area contributed by atoms with Gasteiger partial charge in [0.2, 0.25) is 0 Å². The van der Waals surface area contributed by atoms with Crippen LogP contribution < -0.4 is 4.74 Å². The zero-order valence-electron chi connectivity index (χ0n) is 9.78. The molecule has 1 fully saturated rings. The topological polar surface area (TPSA) is 46.5 Å². The molecule has 0 bridgehead atoms. The summed E-state index contributed by atoms with van der Waals surface area (Å²) in [5.74, 6) is -0.0996. The Labute approximate surface area is 95.0 Å². The van der Waals surface area contributed by atoms with Crippen LogP contribution in [-0.2, 0) is 10.2 Å². The van der Waals surface area contributed by atoms with E-state index < -0.39 is 11.4 Å². The fourth-order valence-electron chi connectivity index (χ4n) is 2.56. The second-order valence-electron chi connectivity index (χ2n) is 4.97. The first-order valence-electron chi connectivity index (χ1n) is 5.32. The van der Waals surface area contributed by atoms with E-state index in [-0.39, 0.29) is 5.41 Å². The second-order valence-corrected chi connectivity index (χ2v) is 4.97. The van der Waals surface area contributed by atoms with Gasteiger partial charge < -0.3 is 9.84 Å². The predicted octanol–water partition coefficient (Wildman–Crippen LogP) is 2.45. The lowest BCUT2D eigenvalue weighted by Crippen LogP contribution is -2.26. The van der Waals surface area contributed by atoms with Gasteiger partial charge in [0.1, 0.15) is 11.2 Å². The van der Waals surface area contributed by atoms with Crippen molar-refractivity contribution in [2.75, 3.05) is 7.11 Å². The van der Waals surface area contributed by atoms with E-state index in [0.717, 1.165) is 5.56 Å². The van der Waals surface area contributed by atoms with E-state index in [9.17, 15) is 9.90 Å². The van der Waals surface area contributed by atoms with E-state index in [2.05, 4.69) is 0 Å². The van der Waals surface area contributed by atoms with E-state index in [4.69, 9.17) is 4.74 Å². The predicted molar refractivity (Wildman–Crippen MR) is 60.7 cm³/mol. The highest BCUT2D eigenvalue weighted by molar-refractivity contribution is 5.88. The van der Waals surface area contributed by atoms with E-state index in [0.29, 0.717) is 12.2 Å². The molecule has 0 spiro atoms. The van der Waals surface area contributed by atoms with E-state index in [1.54, 1.807) is 7.11 Å². The number of hydrogen-bond donors (Lipinski definition) is 1. The van der Waals surface area contributed by atoms with Crippen LogP contribution in [-0.4, -0.2) is 18.2 Å². The van der Waals surface area contributed by atoms with Gasteiger partial charge in [-0.2, -0.15) is 0 Å². The molecule has 0 amide bonds. The molecular weight excluding hydrogens is 204 g/mol. The van der Waals surface area contributed by atoms with Crippen molar-refractivity contribution in [1.29, 1.82) is 0 Å². The van der Waals surface area contributed by atoms with Gasteiger partial charge in [-0.15, -0.1) is 0 Å². The molecule has 3 heteroatoms. The van der Waals surface area contributed by atoms with E-state index >= 15 is 0 Å². The fraction of sp³-hybridized carbons (Fsp3) is 0.462. The summed E-state index contributed by atoms with van der Waals surface area (Å²) in [6.45, 7) is 3.96. The summed E-state index contributed by atoms with van der Waals surface area (Å²) < 4.78 is 5.25. The lowest BCUT2D eigenvalue weighted by atomic mass is 9.87. The molecule has 1 N–H and O–H groups in total. The van der Waals surface area contributed by atoms with Crippen molar-refractivity contribution in [1.82, 2.24) is 0 Å². The van der Waals surface area contributed by atoms with Gasteiger partial charge in [-0.1, -0.05) is 32.0 Å². The molecule has 0 heterocycles. The number of rotatable bonds is 3. The third-order valence-electron chi connectivity index (χ3n) is 3.67. The average Bonchev–Trinajstić information content (AvgIpc) is 2.83. The summed E-state index contributed by atoms with van der Waals surface area (Å²) in [6.07, 6.45) is 0.662. The third-order valence-corrected chi connectivity index (χ3v) is 3.67. The van der Waals surface area contributed by atoms with Crippen LogP contribution >= 0.6 is 0 Å². The van der Waals surface area contributed by atoms with Crippen molar-refractivity contribution in [3.8, 4) is 5.75 Å². The van der Waals surface area contributed by atoms with Crippen LogP contribution in [0.15, 0.2) is 24.3 Å². The number of ether oxygens (including phenoxy) is 1. The van der Waals surface area contributed by atoms with Gasteiger partial charge in [0, 0.05) is 5.56 Å². The van der Waals surface area contributed by atoms with Crippen molar-refractivity contribution in [3.05, 3.63) is 29.8 Å². The SMILES string of the molecule is COc1ccccc1C1(C(=O)O)CC1(C)C. The van der Waals surface area contributed by atoms with Crippen LogP contribution in [0.5, 0.6) is 5.75 Å². The largest absolute Gasteiger partial charge is 0.496 e. The van der Waals surface area contributed by atoms with Gasteiger partial charge in [-0.05, 0) is 17.9 Å². The van der Waals surface area contributed by atoms with Crippen LogP contribution in [0.4, 0.5) is 0 Å². The van der Waals surface area contributed by atoms with Gasteiger partial charge in [0.25, 0.3) is 0 Å². The molecule has 2 rings (SSSR count). The molecular formula is C13H16O3. The van der Waals surface area contributed by atoms with E-state index in [1.807, 2.05) is 38.1 Å². The Kier molecular flexibility index (Phi) is 2.22. The highest BCUT2D eigenvalue weighted by Gasteiger charge is 2.68. The Bertz CT molecular complexity index is 437. The highest BCUT2D eigenvalue weighted by atomic mass is 16.5. The summed E-state index contributed by atoms with van der Waals surface area (Å²) in [5.41, 5.74) is -0.192. The van der Waals surface area contributed by atoms with E-state index in [1.165, 1.54) is 0 Å². The zero-order chi connectivity index (χ0) is 12.0. The van der Waals surface area contributed by atoms with Crippen LogP contribution in [0.25, 0.3) is 0 Å². The quantitative estimate of drug-likeness (QED) is 0.851. The maximum Gasteiger partial charge on any atom is 0.314 e. The molecule has 1 aromatic carbocycles. The number of benzene rings is 1. The molecule has 3 nitrogen and oxygen atoms in total. The Morgan fingerprint density at radius 3 is 2.38 bits per heavy atom. The van der Waals surface area contributed by atoms with Crippen molar-refractivity contribution in [3.63, 3.8) is 0 Å². The summed E-state index contributed by atoms with van der Waals surface area (Å²) in [6, 6.07) is 7.38. The van der Waals surface area contributed by atoms with Gasteiger partial charge >= 0.3 is 5.97 Å². The number of aliphatic carboxylic acids is 1. The fourth-order valence-corrected chi connectivity index (χ4v) is 2.56. The minimum Gasteiger partial charge on any atom is -0.496 e. The number of carboxylic acids is 1. The van der Waals surface area contributed by atoms with Crippen molar-refractivity contribution in [2.24, 2.45) is 5.41 Å². The second kappa shape index (κ2) is 3.24.